The van der Waals surface area contributed by atoms with Crippen molar-refractivity contribution < 1.29 is 28.7 Å². The molecule has 0 heterocycles. The maximum atomic E-state index is 13.2. The van der Waals surface area contributed by atoms with Gasteiger partial charge >= 0.3 is 5.97 Å². The molecule has 2 atom stereocenters. The third-order valence-corrected chi connectivity index (χ3v) is 6.91. The summed E-state index contributed by atoms with van der Waals surface area (Å²) < 4.78 is 12.1. The molecule has 0 spiro atoms. The summed E-state index contributed by atoms with van der Waals surface area (Å²) in [5.74, 6) is -1.79. The van der Waals surface area contributed by atoms with E-state index in [2.05, 4.69) is 30.3 Å². The summed E-state index contributed by atoms with van der Waals surface area (Å²) in [4.78, 5) is 30.9. The lowest BCUT2D eigenvalue weighted by Crippen LogP contribution is -2.66. The Morgan fingerprint density at radius 2 is 1.69 bits per heavy atom. The third-order valence-electron chi connectivity index (χ3n) is 6.18. The molecule has 0 aromatic heterocycles. The first-order valence-electron chi connectivity index (χ1n) is 12.1. The van der Waals surface area contributed by atoms with Gasteiger partial charge in [0.25, 0.3) is 5.91 Å². The highest BCUT2D eigenvalue weighted by atomic mass is 28.3. The largest absolute Gasteiger partial charge is 0.479 e. The molecule has 8 heteroatoms. The van der Waals surface area contributed by atoms with Crippen LogP contribution in [0, 0.1) is 5.41 Å². The number of benzene rings is 2. The second-order valence-corrected chi connectivity index (χ2v) is 12.1. The molecule has 2 rings (SSSR count). The van der Waals surface area contributed by atoms with E-state index in [1.54, 1.807) is 20.8 Å². The van der Waals surface area contributed by atoms with E-state index in [4.69, 9.17) is 14.0 Å². The highest BCUT2D eigenvalue weighted by molar-refractivity contribution is 6.48. The van der Waals surface area contributed by atoms with Crippen LogP contribution in [-0.2, 0) is 30.0 Å². The average Bonchev–Trinajstić information content (AvgIpc) is 2.80. The first-order chi connectivity index (χ1) is 16.4. The minimum Gasteiger partial charge on any atom is -0.479 e. The van der Waals surface area contributed by atoms with Crippen molar-refractivity contribution in [1.29, 1.82) is 0 Å². The SMILES string of the molecule is CON(C)C(=O)[C@H](OCCCCCc1ccc2ccccc2c1)[C@@](O[Si](C)C)(C(=O)O)C(C)(C)C. The van der Waals surface area contributed by atoms with Gasteiger partial charge in [-0.2, -0.15) is 0 Å². The fourth-order valence-electron chi connectivity index (χ4n) is 4.22. The number of hydrogen-bond donors (Lipinski definition) is 1. The molecule has 0 aliphatic heterocycles. The Morgan fingerprint density at radius 3 is 2.26 bits per heavy atom. The summed E-state index contributed by atoms with van der Waals surface area (Å²) >= 11 is 0. The van der Waals surface area contributed by atoms with E-state index in [1.165, 1.54) is 30.5 Å². The Hall–Kier alpha value is -2.26. The van der Waals surface area contributed by atoms with E-state index in [-0.39, 0.29) is 6.61 Å². The van der Waals surface area contributed by atoms with Gasteiger partial charge in [0, 0.05) is 19.1 Å². The van der Waals surface area contributed by atoms with Gasteiger partial charge in [-0.3, -0.25) is 9.63 Å². The molecule has 35 heavy (non-hydrogen) atoms. The van der Waals surface area contributed by atoms with Crippen molar-refractivity contribution in [2.45, 2.75) is 71.3 Å². The molecule has 2 aromatic carbocycles. The highest BCUT2D eigenvalue weighted by Crippen LogP contribution is 2.40. The van der Waals surface area contributed by atoms with Crippen LogP contribution in [0.1, 0.15) is 45.6 Å². The van der Waals surface area contributed by atoms with Crippen LogP contribution >= 0.6 is 0 Å². The maximum Gasteiger partial charge on any atom is 0.338 e. The molecule has 2 aromatic rings. The molecule has 193 valence electrons. The molecule has 0 saturated heterocycles. The Balaban J connectivity index is 2.08. The first-order valence-corrected chi connectivity index (χ1v) is 14.5. The van der Waals surface area contributed by atoms with E-state index in [1.807, 2.05) is 25.2 Å². The summed E-state index contributed by atoms with van der Waals surface area (Å²) in [5, 5.41) is 13.8. The number of carboxylic acids is 1. The summed E-state index contributed by atoms with van der Waals surface area (Å²) in [6.07, 6.45) is 2.16. The van der Waals surface area contributed by atoms with Crippen LogP contribution in [0.25, 0.3) is 10.8 Å². The molecular weight excluding hydrogens is 462 g/mol. The fraction of sp³-hybridized carbons (Fsp3) is 0.556. The summed E-state index contributed by atoms with van der Waals surface area (Å²) in [6.45, 7) is 9.21. The van der Waals surface area contributed by atoms with Crippen LogP contribution in [0.15, 0.2) is 42.5 Å². The van der Waals surface area contributed by atoms with Crippen molar-refractivity contribution in [3.8, 4) is 0 Å². The van der Waals surface area contributed by atoms with E-state index >= 15 is 0 Å². The van der Waals surface area contributed by atoms with Crippen LogP contribution in [0.5, 0.6) is 0 Å². The average molecular weight is 503 g/mol. The van der Waals surface area contributed by atoms with Gasteiger partial charge in [-0.15, -0.1) is 0 Å². The number of unbranched alkanes of at least 4 members (excludes halogenated alkanes) is 2. The molecular formula is C27H40NO6Si. The number of fused-ring (bicyclic) bond motifs is 1. The van der Waals surface area contributed by atoms with Crippen LogP contribution in [0.2, 0.25) is 13.1 Å². The monoisotopic (exact) mass is 502 g/mol. The van der Waals surface area contributed by atoms with Crippen LogP contribution in [0.3, 0.4) is 0 Å². The van der Waals surface area contributed by atoms with E-state index in [0.717, 1.165) is 24.3 Å². The highest BCUT2D eigenvalue weighted by Gasteiger charge is 2.60. The molecule has 1 radical (unpaired) electrons. The van der Waals surface area contributed by atoms with Gasteiger partial charge < -0.3 is 14.3 Å². The van der Waals surface area contributed by atoms with Crippen molar-refractivity contribution in [1.82, 2.24) is 5.06 Å². The number of ether oxygens (including phenoxy) is 1. The standard InChI is InChI=1S/C27H40NO6Si/c1-26(2,3)27(25(30)31,34-35(6)7)23(24(29)28(4)32-5)33-18-12-8-9-13-20-16-17-21-14-10-11-15-22(21)19-20/h10-11,14-17,19,23H,8-9,12-13,18H2,1-7H3,(H,30,31)/t23-,27+/m0/s1. The van der Waals surface area contributed by atoms with Crippen LogP contribution in [-0.4, -0.2) is 63.6 Å². The molecule has 0 saturated carbocycles. The first kappa shape index (κ1) is 29.0. The topological polar surface area (TPSA) is 85.3 Å². The molecule has 1 amide bonds. The number of likely N-dealkylation sites (N-methyl/N-ethyl adjacent to an activating group) is 1. The zero-order valence-electron chi connectivity index (χ0n) is 22.1. The van der Waals surface area contributed by atoms with Gasteiger partial charge in [-0.25, -0.2) is 9.86 Å². The summed E-state index contributed by atoms with van der Waals surface area (Å²) in [5.41, 5.74) is -1.48. The van der Waals surface area contributed by atoms with E-state index in [0.29, 0.717) is 6.42 Å². The number of carbonyl (C=O) groups is 2. The van der Waals surface area contributed by atoms with Gasteiger partial charge in [0.05, 0.1) is 7.11 Å². The number of amides is 1. The zero-order valence-corrected chi connectivity index (χ0v) is 23.1. The van der Waals surface area contributed by atoms with Gasteiger partial charge in [0.2, 0.25) is 9.04 Å². The molecule has 7 nitrogen and oxygen atoms in total. The second-order valence-electron chi connectivity index (χ2n) is 10.1. The number of rotatable bonds is 13. The number of carboxylic acid groups (broad SMARTS) is 1. The Morgan fingerprint density at radius 1 is 1.03 bits per heavy atom. The zero-order chi connectivity index (χ0) is 26.2. The van der Waals surface area contributed by atoms with Gasteiger partial charge in [-0.1, -0.05) is 69.7 Å². The maximum absolute atomic E-state index is 13.2. The van der Waals surface area contributed by atoms with Gasteiger partial charge in [0.15, 0.2) is 11.7 Å². The predicted molar refractivity (Wildman–Crippen MR) is 139 cm³/mol. The summed E-state index contributed by atoms with van der Waals surface area (Å²) in [7, 11) is 1.32. The van der Waals surface area contributed by atoms with Crippen molar-refractivity contribution in [2.75, 3.05) is 20.8 Å². The van der Waals surface area contributed by atoms with Crippen molar-refractivity contribution in [3.63, 3.8) is 0 Å². The third kappa shape index (κ3) is 7.13. The number of carbonyl (C=O) groups excluding carboxylic acids is 1. The van der Waals surface area contributed by atoms with Crippen molar-refractivity contribution >= 4 is 31.7 Å². The fourth-order valence-corrected chi connectivity index (χ4v) is 5.36. The number of aryl methyl sites for hydroxylation is 1. The Labute approximate surface area is 211 Å². The number of nitrogens with zero attached hydrogens (tertiary/aromatic N) is 1. The molecule has 0 bridgehead atoms. The number of aliphatic carboxylic acids is 1. The predicted octanol–water partition coefficient (Wildman–Crippen LogP) is 5.09. The molecule has 0 unspecified atom stereocenters. The normalized spacial score (nSPS) is 14.6. The van der Waals surface area contributed by atoms with E-state index in [9.17, 15) is 14.7 Å². The molecule has 0 fully saturated rings. The summed E-state index contributed by atoms with van der Waals surface area (Å²) in [6, 6.07) is 14.8. The lowest BCUT2D eigenvalue weighted by atomic mass is 9.72. The van der Waals surface area contributed by atoms with E-state index < -0.39 is 38.0 Å². The lowest BCUT2D eigenvalue weighted by Gasteiger charge is -2.46. The van der Waals surface area contributed by atoms with Gasteiger partial charge in [0.1, 0.15) is 0 Å². The minimum absolute atomic E-state index is 0.246. The second kappa shape index (κ2) is 12.6. The van der Waals surface area contributed by atoms with Crippen LogP contribution in [0.4, 0.5) is 0 Å². The molecule has 0 aliphatic carbocycles. The smallest absolute Gasteiger partial charge is 0.338 e. The molecule has 1 N–H and O–H groups in total. The van der Waals surface area contributed by atoms with Crippen molar-refractivity contribution in [3.05, 3.63) is 48.0 Å². The quantitative estimate of drug-likeness (QED) is 0.233. The minimum atomic E-state index is -1.85. The molecule has 0 aliphatic rings. The van der Waals surface area contributed by atoms with Crippen LogP contribution < -0.4 is 0 Å². The Kier molecular flexibility index (Phi) is 10.4. The lowest BCUT2D eigenvalue weighted by molar-refractivity contribution is -0.214. The number of hydroxylamine groups is 2. The Bertz CT molecular complexity index is 989. The van der Waals surface area contributed by atoms with Gasteiger partial charge in [-0.05, 0) is 48.7 Å². The van der Waals surface area contributed by atoms with Crippen molar-refractivity contribution in [2.24, 2.45) is 5.41 Å². The number of hydrogen-bond acceptors (Lipinski definition) is 5.